The predicted molar refractivity (Wildman–Crippen MR) is 82.6 cm³/mol. The molecule has 0 radical (unpaired) electrons. The molecule has 2 aromatic rings. The van der Waals surface area contributed by atoms with E-state index in [0.29, 0.717) is 6.04 Å². The van der Waals surface area contributed by atoms with Gasteiger partial charge in [-0.05, 0) is 42.6 Å². The number of benzene rings is 2. The first-order chi connectivity index (χ1) is 9.70. The van der Waals surface area contributed by atoms with Gasteiger partial charge in [-0.1, -0.05) is 54.9 Å². The topological polar surface area (TPSA) is 12.0 Å². The maximum atomic E-state index is 13.4. The van der Waals surface area contributed by atoms with Crippen molar-refractivity contribution in [2.45, 2.75) is 25.8 Å². The van der Waals surface area contributed by atoms with E-state index < -0.39 is 0 Å². The lowest BCUT2D eigenvalue weighted by Gasteiger charge is -2.18. The third-order valence-corrected chi connectivity index (χ3v) is 3.66. The molecule has 1 N–H and O–H groups in total. The normalized spacial score (nSPS) is 12.3. The Kier molecular flexibility index (Phi) is 5.57. The highest BCUT2D eigenvalue weighted by Crippen LogP contribution is 2.21. The first-order valence-corrected chi connectivity index (χ1v) is 7.30. The SMILES string of the molecule is CCNC(CCc1ccc(Cl)c(F)c1)c1ccccc1. The van der Waals surface area contributed by atoms with Gasteiger partial charge in [-0.2, -0.15) is 0 Å². The van der Waals surface area contributed by atoms with Gasteiger partial charge in [-0.15, -0.1) is 0 Å². The van der Waals surface area contributed by atoms with Gasteiger partial charge >= 0.3 is 0 Å². The summed E-state index contributed by atoms with van der Waals surface area (Å²) in [6.45, 7) is 3.01. The molecule has 0 saturated carbocycles. The van der Waals surface area contributed by atoms with Crippen LogP contribution >= 0.6 is 11.6 Å². The zero-order valence-corrected chi connectivity index (χ0v) is 12.3. The summed E-state index contributed by atoms with van der Waals surface area (Å²) >= 11 is 5.70. The van der Waals surface area contributed by atoms with Gasteiger partial charge in [0.1, 0.15) is 5.82 Å². The second-order valence-electron chi connectivity index (χ2n) is 4.81. The minimum atomic E-state index is -0.344. The van der Waals surface area contributed by atoms with Crippen molar-refractivity contribution in [2.75, 3.05) is 6.54 Å². The van der Waals surface area contributed by atoms with Gasteiger partial charge in [0.15, 0.2) is 0 Å². The molecule has 20 heavy (non-hydrogen) atoms. The summed E-state index contributed by atoms with van der Waals surface area (Å²) in [4.78, 5) is 0. The number of aryl methyl sites for hydroxylation is 1. The van der Waals surface area contributed by atoms with Crippen LogP contribution in [0.5, 0.6) is 0 Å². The molecule has 0 bridgehead atoms. The summed E-state index contributed by atoms with van der Waals surface area (Å²) in [7, 11) is 0. The standard InChI is InChI=1S/C17H19ClFN/c1-2-20-17(14-6-4-3-5-7-14)11-9-13-8-10-15(18)16(19)12-13/h3-8,10,12,17,20H,2,9,11H2,1H3. The molecule has 0 amide bonds. The van der Waals surface area contributed by atoms with Crippen LogP contribution in [0.4, 0.5) is 4.39 Å². The van der Waals surface area contributed by atoms with E-state index in [0.717, 1.165) is 24.9 Å². The molecule has 0 aliphatic rings. The van der Waals surface area contributed by atoms with Gasteiger partial charge in [-0.3, -0.25) is 0 Å². The van der Waals surface area contributed by atoms with Crippen LogP contribution < -0.4 is 5.32 Å². The highest BCUT2D eigenvalue weighted by Gasteiger charge is 2.10. The lowest BCUT2D eigenvalue weighted by atomic mass is 9.99. The zero-order valence-electron chi connectivity index (χ0n) is 11.6. The first-order valence-electron chi connectivity index (χ1n) is 6.93. The van der Waals surface area contributed by atoms with Crippen LogP contribution in [0.1, 0.15) is 30.5 Å². The van der Waals surface area contributed by atoms with E-state index in [1.165, 1.54) is 11.6 Å². The molecule has 0 heterocycles. The summed E-state index contributed by atoms with van der Waals surface area (Å²) in [5.41, 5.74) is 2.24. The van der Waals surface area contributed by atoms with Crippen molar-refractivity contribution in [2.24, 2.45) is 0 Å². The summed E-state index contributed by atoms with van der Waals surface area (Å²) < 4.78 is 13.4. The van der Waals surface area contributed by atoms with Gasteiger partial charge in [0, 0.05) is 6.04 Å². The van der Waals surface area contributed by atoms with Crippen molar-refractivity contribution >= 4 is 11.6 Å². The van der Waals surface area contributed by atoms with Gasteiger partial charge < -0.3 is 5.32 Å². The second-order valence-corrected chi connectivity index (χ2v) is 5.22. The highest BCUT2D eigenvalue weighted by molar-refractivity contribution is 6.30. The fourth-order valence-corrected chi connectivity index (χ4v) is 2.44. The van der Waals surface area contributed by atoms with Crippen LogP contribution in [0.25, 0.3) is 0 Å². The molecule has 0 aromatic heterocycles. The van der Waals surface area contributed by atoms with Crippen LogP contribution in [0.2, 0.25) is 5.02 Å². The molecular formula is C17H19ClFN. The maximum Gasteiger partial charge on any atom is 0.142 e. The van der Waals surface area contributed by atoms with Gasteiger partial charge in [0.2, 0.25) is 0 Å². The fraction of sp³-hybridized carbons (Fsp3) is 0.294. The van der Waals surface area contributed by atoms with E-state index >= 15 is 0 Å². The van der Waals surface area contributed by atoms with E-state index in [9.17, 15) is 4.39 Å². The summed E-state index contributed by atoms with van der Waals surface area (Å²) in [6.07, 6.45) is 1.75. The maximum absolute atomic E-state index is 13.4. The molecule has 2 aromatic carbocycles. The van der Waals surface area contributed by atoms with Crippen LogP contribution in [0.15, 0.2) is 48.5 Å². The molecule has 1 nitrogen and oxygen atoms in total. The average molecular weight is 292 g/mol. The van der Waals surface area contributed by atoms with Crippen molar-refractivity contribution in [1.29, 1.82) is 0 Å². The summed E-state index contributed by atoms with van der Waals surface area (Å²) in [5.74, 6) is -0.344. The lowest BCUT2D eigenvalue weighted by Crippen LogP contribution is -2.21. The minimum absolute atomic E-state index is 0.181. The summed E-state index contributed by atoms with van der Waals surface area (Å²) in [5, 5.41) is 3.66. The third kappa shape index (κ3) is 4.06. The molecule has 0 fully saturated rings. The monoisotopic (exact) mass is 291 g/mol. The Labute approximate surface area is 124 Å². The largest absolute Gasteiger partial charge is 0.310 e. The smallest absolute Gasteiger partial charge is 0.142 e. The molecule has 106 valence electrons. The quantitative estimate of drug-likeness (QED) is 0.809. The molecular weight excluding hydrogens is 273 g/mol. The van der Waals surface area contributed by atoms with Gasteiger partial charge in [-0.25, -0.2) is 4.39 Å². The van der Waals surface area contributed by atoms with E-state index in [1.807, 2.05) is 24.3 Å². The predicted octanol–water partition coefficient (Wildman–Crippen LogP) is 4.76. The number of hydrogen-bond acceptors (Lipinski definition) is 1. The van der Waals surface area contributed by atoms with Crippen molar-refractivity contribution in [3.8, 4) is 0 Å². The Morgan fingerprint density at radius 3 is 2.55 bits per heavy atom. The van der Waals surface area contributed by atoms with E-state index in [2.05, 4.69) is 24.4 Å². The number of nitrogens with one attached hydrogen (secondary N) is 1. The lowest BCUT2D eigenvalue weighted by molar-refractivity contribution is 0.514. The Bertz CT molecular complexity index is 542. The Hall–Kier alpha value is -1.38. The van der Waals surface area contributed by atoms with Crippen molar-refractivity contribution in [3.05, 3.63) is 70.5 Å². The fourth-order valence-electron chi connectivity index (χ4n) is 2.32. The van der Waals surface area contributed by atoms with Crippen molar-refractivity contribution in [1.82, 2.24) is 5.32 Å². The Morgan fingerprint density at radius 2 is 1.90 bits per heavy atom. The first kappa shape index (κ1) is 15.0. The molecule has 2 rings (SSSR count). The number of halogens is 2. The second kappa shape index (κ2) is 7.41. The van der Waals surface area contributed by atoms with Crippen molar-refractivity contribution < 1.29 is 4.39 Å². The third-order valence-electron chi connectivity index (χ3n) is 3.36. The average Bonchev–Trinajstić information content (AvgIpc) is 2.48. The highest BCUT2D eigenvalue weighted by atomic mass is 35.5. The number of hydrogen-bond donors (Lipinski definition) is 1. The van der Waals surface area contributed by atoms with Crippen LogP contribution in [-0.4, -0.2) is 6.54 Å². The van der Waals surface area contributed by atoms with Crippen molar-refractivity contribution in [3.63, 3.8) is 0 Å². The van der Waals surface area contributed by atoms with Gasteiger partial charge in [0.05, 0.1) is 5.02 Å². The van der Waals surface area contributed by atoms with Crippen LogP contribution in [-0.2, 0) is 6.42 Å². The molecule has 1 atom stereocenters. The Morgan fingerprint density at radius 1 is 1.15 bits per heavy atom. The molecule has 0 aliphatic carbocycles. The van der Waals surface area contributed by atoms with E-state index in [4.69, 9.17) is 11.6 Å². The molecule has 3 heteroatoms. The van der Waals surface area contributed by atoms with E-state index in [1.54, 1.807) is 6.07 Å². The Balaban J connectivity index is 2.03. The molecule has 0 saturated heterocycles. The zero-order chi connectivity index (χ0) is 14.4. The molecule has 0 spiro atoms. The summed E-state index contributed by atoms with van der Waals surface area (Å²) in [6, 6.07) is 15.7. The number of rotatable bonds is 6. The van der Waals surface area contributed by atoms with E-state index in [-0.39, 0.29) is 10.8 Å². The van der Waals surface area contributed by atoms with Gasteiger partial charge in [0.25, 0.3) is 0 Å². The minimum Gasteiger partial charge on any atom is -0.310 e. The molecule has 1 unspecified atom stereocenters. The van der Waals surface area contributed by atoms with Crippen LogP contribution in [0.3, 0.4) is 0 Å². The molecule has 0 aliphatic heterocycles. The van der Waals surface area contributed by atoms with Crippen LogP contribution in [0, 0.1) is 5.82 Å².